The molecule has 1 aliphatic heterocycles. The van der Waals surface area contributed by atoms with Crippen LogP contribution in [0.4, 0.5) is 4.79 Å². The number of nitrogens with zero attached hydrogens (tertiary/aromatic N) is 1. The second-order valence-electron chi connectivity index (χ2n) is 4.90. The normalized spacial score (nSPS) is 46.9. The monoisotopic (exact) mass is 180 g/mol. The molecule has 72 valence electrons. The van der Waals surface area contributed by atoms with Gasteiger partial charge in [0.05, 0.1) is 0 Å². The summed E-state index contributed by atoms with van der Waals surface area (Å²) in [5.74, 6) is 3.43. The van der Waals surface area contributed by atoms with Crippen molar-refractivity contribution < 1.29 is 4.79 Å². The molecule has 3 fully saturated rings. The Morgan fingerprint density at radius 2 is 1.69 bits per heavy atom. The van der Waals surface area contributed by atoms with Crippen LogP contribution in [0.3, 0.4) is 0 Å². The summed E-state index contributed by atoms with van der Waals surface area (Å²) in [4.78, 5) is 12.9. The molecule has 0 aromatic carbocycles. The van der Waals surface area contributed by atoms with E-state index in [9.17, 15) is 4.79 Å². The van der Waals surface area contributed by atoms with Gasteiger partial charge in [0.25, 0.3) is 0 Å². The van der Waals surface area contributed by atoms with Crippen LogP contribution in [-0.4, -0.2) is 24.0 Å². The standard InChI is InChI=1S/C10H16N2O/c11-10(13)12-4-8-6-1-2-7(3-6)9(8)5-12/h6-9H,1-5H2,(H2,11,13). The number of carbonyl (C=O) groups excluding carboxylic acids is 1. The maximum Gasteiger partial charge on any atom is 0.314 e. The van der Waals surface area contributed by atoms with Crippen LogP contribution in [0.1, 0.15) is 19.3 Å². The third-order valence-electron chi connectivity index (χ3n) is 4.45. The fourth-order valence-corrected chi connectivity index (χ4v) is 3.86. The number of hydrogen-bond donors (Lipinski definition) is 1. The van der Waals surface area contributed by atoms with Crippen LogP contribution in [0.2, 0.25) is 0 Å². The molecule has 2 N–H and O–H groups in total. The van der Waals surface area contributed by atoms with Crippen LogP contribution < -0.4 is 5.73 Å². The van der Waals surface area contributed by atoms with E-state index in [-0.39, 0.29) is 6.03 Å². The van der Waals surface area contributed by atoms with Crippen LogP contribution >= 0.6 is 0 Å². The highest BCUT2D eigenvalue weighted by Crippen LogP contribution is 2.54. The first-order chi connectivity index (χ1) is 6.25. The summed E-state index contributed by atoms with van der Waals surface area (Å²) in [7, 11) is 0. The molecule has 3 aliphatic rings. The van der Waals surface area contributed by atoms with E-state index in [1.807, 2.05) is 4.90 Å². The van der Waals surface area contributed by atoms with Crippen molar-refractivity contribution in [2.45, 2.75) is 19.3 Å². The first-order valence-corrected chi connectivity index (χ1v) is 5.30. The van der Waals surface area contributed by atoms with Crippen molar-refractivity contribution in [2.75, 3.05) is 13.1 Å². The van der Waals surface area contributed by atoms with Gasteiger partial charge in [0.1, 0.15) is 0 Å². The van der Waals surface area contributed by atoms with E-state index in [1.165, 1.54) is 19.3 Å². The quantitative estimate of drug-likeness (QED) is 0.595. The Morgan fingerprint density at radius 1 is 1.15 bits per heavy atom. The molecular formula is C10H16N2O. The minimum absolute atomic E-state index is 0.214. The van der Waals surface area contributed by atoms with Crippen LogP contribution in [0.25, 0.3) is 0 Å². The Balaban J connectivity index is 1.79. The molecule has 2 aliphatic carbocycles. The van der Waals surface area contributed by atoms with Gasteiger partial charge >= 0.3 is 6.03 Å². The van der Waals surface area contributed by atoms with Gasteiger partial charge in [-0.3, -0.25) is 0 Å². The molecule has 1 heterocycles. The van der Waals surface area contributed by atoms with E-state index in [2.05, 4.69) is 0 Å². The Bertz CT molecular complexity index is 235. The summed E-state index contributed by atoms with van der Waals surface area (Å²) < 4.78 is 0. The predicted octanol–water partition coefficient (Wildman–Crippen LogP) is 1.04. The molecule has 4 atom stereocenters. The van der Waals surface area contributed by atoms with Crippen LogP contribution in [0, 0.1) is 23.7 Å². The number of likely N-dealkylation sites (tertiary alicyclic amines) is 1. The predicted molar refractivity (Wildman–Crippen MR) is 49.0 cm³/mol. The van der Waals surface area contributed by atoms with E-state index in [0.717, 1.165) is 36.8 Å². The third-order valence-corrected chi connectivity index (χ3v) is 4.45. The summed E-state index contributed by atoms with van der Waals surface area (Å²) in [6.07, 6.45) is 4.23. The zero-order valence-corrected chi connectivity index (χ0v) is 7.78. The average molecular weight is 180 g/mol. The molecule has 0 radical (unpaired) electrons. The van der Waals surface area contributed by atoms with Gasteiger partial charge < -0.3 is 10.6 Å². The molecule has 0 spiro atoms. The van der Waals surface area contributed by atoms with E-state index < -0.39 is 0 Å². The highest BCUT2D eigenvalue weighted by atomic mass is 16.2. The molecule has 2 amide bonds. The lowest BCUT2D eigenvalue weighted by Crippen LogP contribution is -2.34. The van der Waals surface area contributed by atoms with Crippen molar-refractivity contribution in [1.29, 1.82) is 0 Å². The van der Waals surface area contributed by atoms with Gasteiger partial charge in [0.2, 0.25) is 0 Å². The molecular weight excluding hydrogens is 164 g/mol. The largest absolute Gasteiger partial charge is 0.351 e. The molecule has 0 aromatic rings. The summed E-state index contributed by atoms with van der Waals surface area (Å²) >= 11 is 0. The van der Waals surface area contributed by atoms with Gasteiger partial charge in [-0.15, -0.1) is 0 Å². The van der Waals surface area contributed by atoms with Crippen molar-refractivity contribution in [3.8, 4) is 0 Å². The van der Waals surface area contributed by atoms with Crippen LogP contribution in [0.15, 0.2) is 0 Å². The van der Waals surface area contributed by atoms with Crippen molar-refractivity contribution >= 4 is 6.03 Å². The van der Waals surface area contributed by atoms with Crippen molar-refractivity contribution in [3.05, 3.63) is 0 Å². The number of rotatable bonds is 0. The zero-order valence-electron chi connectivity index (χ0n) is 7.78. The van der Waals surface area contributed by atoms with E-state index in [1.54, 1.807) is 0 Å². The van der Waals surface area contributed by atoms with Crippen LogP contribution in [0.5, 0.6) is 0 Å². The molecule has 1 saturated heterocycles. The smallest absolute Gasteiger partial charge is 0.314 e. The summed E-state index contributed by atoms with van der Waals surface area (Å²) in [5.41, 5.74) is 5.30. The van der Waals surface area contributed by atoms with Gasteiger partial charge in [-0.25, -0.2) is 4.79 Å². The topological polar surface area (TPSA) is 46.3 Å². The number of fused-ring (bicyclic) bond motifs is 5. The summed E-state index contributed by atoms with van der Waals surface area (Å²) in [6.45, 7) is 1.89. The maximum atomic E-state index is 11.0. The number of amides is 2. The highest BCUT2D eigenvalue weighted by Gasteiger charge is 2.52. The van der Waals surface area contributed by atoms with Crippen molar-refractivity contribution in [2.24, 2.45) is 29.4 Å². The minimum Gasteiger partial charge on any atom is -0.351 e. The summed E-state index contributed by atoms with van der Waals surface area (Å²) in [6, 6.07) is -0.214. The molecule has 3 nitrogen and oxygen atoms in total. The van der Waals surface area contributed by atoms with E-state index in [0.29, 0.717) is 0 Å². The molecule has 2 saturated carbocycles. The second kappa shape index (κ2) is 2.40. The Kier molecular flexibility index (Phi) is 1.41. The second-order valence-corrected chi connectivity index (χ2v) is 4.90. The lowest BCUT2D eigenvalue weighted by atomic mass is 9.82. The Morgan fingerprint density at radius 3 is 2.15 bits per heavy atom. The van der Waals surface area contributed by atoms with Gasteiger partial charge in [-0.05, 0) is 42.9 Å². The molecule has 4 unspecified atom stereocenters. The Labute approximate surface area is 78.3 Å². The SMILES string of the molecule is NC(=O)N1CC2C3CCC(C3)C2C1. The minimum atomic E-state index is -0.214. The summed E-state index contributed by atoms with van der Waals surface area (Å²) in [5, 5.41) is 0. The van der Waals surface area contributed by atoms with Crippen molar-refractivity contribution in [1.82, 2.24) is 4.90 Å². The van der Waals surface area contributed by atoms with E-state index >= 15 is 0 Å². The van der Waals surface area contributed by atoms with Gasteiger partial charge in [0, 0.05) is 13.1 Å². The lowest BCUT2D eigenvalue weighted by molar-refractivity contribution is 0.213. The number of urea groups is 1. The molecule has 3 rings (SSSR count). The third kappa shape index (κ3) is 0.930. The van der Waals surface area contributed by atoms with Crippen molar-refractivity contribution in [3.63, 3.8) is 0 Å². The van der Waals surface area contributed by atoms with Gasteiger partial charge in [-0.1, -0.05) is 0 Å². The number of primary amides is 1. The first-order valence-electron chi connectivity index (χ1n) is 5.30. The van der Waals surface area contributed by atoms with Crippen LogP contribution in [-0.2, 0) is 0 Å². The highest BCUT2D eigenvalue weighted by molar-refractivity contribution is 5.72. The average Bonchev–Trinajstić information content (AvgIpc) is 2.76. The molecule has 2 bridgehead atoms. The maximum absolute atomic E-state index is 11.0. The number of carbonyl (C=O) groups is 1. The molecule has 0 aromatic heterocycles. The fourth-order valence-electron chi connectivity index (χ4n) is 3.86. The van der Waals surface area contributed by atoms with E-state index in [4.69, 9.17) is 5.73 Å². The molecule has 13 heavy (non-hydrogen) atoms. The Hall–Kier alpha value is -0.730. The fraction of sp³-hybridized carbons (Fsp3) is 0.900. The number of hydrogen-bond acceptors (Lipinski definition) is 1. The van der Waals surface area contributed by atoms with Gasteiger partial charge in [0.15, 0.2) is 0 Å². The lowest BCUT2D eigenvalue weighted by Gasteiger charge is -2.22. The first kappa shape index (κ1) is 7.65. The zero-order chi connectivity index (χ0) is 9.00. The molecule has 3 heteroatoms. The van der Waals surface area contributed by atoms with Gasteiger partial charge in [-0.2, -0.15) is 0 Å². The number of nitrogens with two attached hydrogens (primary N) is 1.